The van der Waals surface area contributed by atoms with E-state index < -0.39 is 0 Å². The molecular formula is C12H19NS. The summed E-state index contributed by atoms with van der Waals surface area (Å²) >= 11 is 1.90. The minimum atomic E-state index is 0.349. The Labute approximate surface area is 90.3 Å². The fourth-order valence-electron chi connectivity index (χ4n) is 2.64. The first-order chi connectivity index (χ1) is 6.79. The average Bonchev–Trinajstić information content (AvgIpc) is 2.70. The maximum Gasteiger partial charge on any atom is 0.00795 e. The second-order valence-corrected chi connectivity index (χ2v) is 5.41. The maximum atomic E-state index is 6.07. The van der Waals surface area contributed by atoms with E-state index in [0.717, 1.165) is 5.92 Å². The third kappa shape index (κ3) is 2.01. The molecule has 0 aliphatic heterocycles. The molecule has 1 aliphatic carbocycles. The molecule has 2 N–H and O–H groups in total. The largest absolute Gasteiger partial charge is 0.328 e. The molecule has 3 unspecified atom stereocenters. The topological polar surface area (TPSA) is 26.0 Å². The van der Waals surface area contributed by atoms with Gasteiger partial charge in [-0.2, -0.15) is 0 Å². The van der Waals surface area contributed by atoms with Gasteiger partial charge in [0.15, 0.2) is 0 Å². The highest BCUT2D eigenvalue weighted by Gasteiger charge is 2.29. The van der Waals surface area contributed by atoms with E-state index in [4.69, 9.17) is 5.73 Å². The summed E-state index contributed by atoms with van der Waals surface area (Å²) in [5.74, 6) is 1.45. The lowest BCUT2D eigenvalue weighted by molar-refractivity contribution is 0.274. The number of thiophene rings is 1. The van der Waals surface area contributed by atoms with E-state index >= 15 is 0 Å². The molecule has 1 aliphatic rings. The van der Waals surface area contributed by atoms with Gasteiger partial charge in [0.25, 0.3) is 0 Å². The van der Waals surface area contributed by atoms with Gasteiger partial charge in [-0.3, -0.25) is 0 Å². The van der Waals surface area contributed by atoms with Gasteiger partial charge in [0.2, 0.25) is 0 Å². The molecule has 1 fully saturated rings. The van der Waals surface area contributed by atoms with Crippen LogP contribution in [0.3, 0.4) is 0 Å². The zero-order valence-corrected chi connectivity index (χ0v) is 9.59. The zero-order valence-electron chi connectivity index (χ0n) is 8.78. The summed E-state index contributed by atoms with van der Waals surface area (Å²) in [4.78, 5) is 1.55. The third-order valence-electron chi connectivity index (χ3n) is 3.40. The normalized spacial score (nSPS) is 30.1. The summed E-state index contributed by atoms with van der Waals surface area (Å²) in [6, 6.07) is 4.78. The predicted octanol–water partition coefficient (Wildman–Crippen LogP) is 3.37. The first kappa shape index (κ1) is 10.2. The van der Waals surface area contributed by atoms with Crippen molar-refractivity contribution in [3.8, 4) is 0 Å². The molecule has 0 amide bonds. The van der Waals surface area contributed by atoms with E-state index in [1.54, 1.807) is 4.88 Å². The van der Waals surface area contributed by atoms with Crippen molar-refractivity contribution >= 4 is 11.3 Å². The van der Waals surface area contributed by atoms with Crippen LogP contribution in [0.1, 0.15) is 43.4 Å². The van der Waals surface area contributed by atoms with E-state index in [-0.39, 0.29) is 0 Å². The van der Waals surface area contributed by atoms with Crippen molar-refractivity contribution in [3.05, 3.63) is 22.4 Å². The fourth-order valence-corrected chi connectivity index (χ4v) is 3.58. The molecular weight excluding hydrogens is 190 g/mol. The fraction of sp³-hybridized carbons (Fsp3) is 0.667. The van der Waals surface area contributed by atoms with Crippen molar-refractivity contribution in [2.24, 2.45) is 11.7 Å². The molecule has 0 saturated heterocycles. The molecule has 2 rings (SSSR count). The second kappa shape index (κ2) is 4.45. The molecule has 1 saturated carbocycles. The van der Waals surface area contributed by atoms with Crippen LogP contribution in [0.2, 0.25) is 0 Å². The monoisotopic (exact) mass is 209 g/mol. The lowest BCUT2D eigenvalue weighted by atomic mass is 9.75. The van der Waals surface area contributed by atoms with Crippen LogP contribution < -0.4 is 5.73 Å². The Morgan fingerprint density at radius 2 is 2.21 bits per heavy atom. The number of hydrogen-bond acceptors (Lipinski definition) is 2. The Bertz CT molecular complexity index is 266. The Kier molecular flexibility index (Phi) is 3.24. The quantitative estimate of drug-likeness (QED) is 0.794. The molecule has 1 aromatic rings. The first-order valence-electron chi connectivity index (χ1n) is 5.58. The summed E-state index contributed by atoms with van der Waals surface area (Å²) in [6.45, 7) is 2.16. The third-order valence-corrected chi connectivity index (χ3v) is 4.41. The second-order valence-electron chi connectivity index (χ2n) is 4.43. The molecule has 14 heavy (non-hydrogen) atoms. The van der Waals surface area contributed by atoms with Crippen LogP contribution in [0.25, 0.3) is 0 Å². The van der Waals surface area contributed by atoms with Crippen LogP contribution >= 0.6 is 11.3 Å². The van der Waals surface area contributed by atoms with Gasteiger partial charge in [0.1, 0.15) is 0 Å². The van der Waals surface area contributed by atoms with Crippen LogP contribution in [0.5, 0.6) is 0 Å². The minimum absolute atomic E-state index is 0.349. The molecule has 2 heteroatoms. The molecule has 1 nitrogen and oxygen atoms in total. The van der Waals surface area contributed by atoms with Gasteiger partial charge in [0, 0.05) is 10.9 Å². The summed E-state index contributed by atoms with van der Waals surface area (Å²) in [5, 5.41) is 2.18. The lowest BCUT2D eigenvalue weighted by Crippen LogP contribution is -2.33. The number of rotatable bonds is 2. The summed E-state index contributed by atoms with van der Waals surface area (Å²) in [7, 11) is 0. The minimum Gasteiger partial charge on any atom is -0.328 e. The van der Waals surface area contributed by atoms with Crippen LogP contribution in [-0.2, 0) is 0 Å². The molecule has 0 aromatic carbocycles. The van der Waals surface area contributed by atoms with Crippen LogP contribution in [0, 0.1) is 5.92 Å². The highest BCUT2D eigenvalue weighted by molar-refractivity contribution is 7.10. The van der Waals surface area contributed by atoms with Crippen LogP contribution in [-0.4, -0.2) is 6.04 Å². The van der Waals surface area contributed by atoms with Crippen LogP contribution in [0.4, 0.5) is 0 Å². The van der Waals surface area contributed by atoms with E-state index in [9.17, 15) is 0 Å². The summed E-state index contributed by atoms with van der Waals surface area (Å²) in [6.07, 6.45) is 5.41. The van der Waals surface area contributed by atoms with Crippen molar-refractivity contribution in [2.75, 3.05) is 0 Å². The predicted molar refractivity (Wildman–Crippen MR) is 62.7 cm³/mol. The molecule has 0 radical (unpaired) electrons. The summed E-state index contributed by atoms with van der Waals surface area (Å²) < 4.78 is 0. The van der Waals surface area contributed by atoms with Gasteiger partial charge < -0.3 is 5.73 Å². The van der Waals surface area contributed by atoms with Crippen molar-refractivity contribution in [3.63, 3.8) is 0 Å². The van der Waals surface area contributed by atoms with Crippen LogP contribution in [0.15, 0.2) is 17.5 Å². The standard InChI is InChI=1S/C12H19NS/c1-9(13)10-5-2-3-6-11(10)12-7-4-8-14-12/h4,7-11H,2-3,5-6,13H2,1H3. The molecule has 0 spiro atoms. The highest BCUT2D eigenvalue weighted by atomic mass is 32.1. The SMILES string of the molecule is CC(N)C1CCCCC1c1cccs1. The van der Waals surface area contributed by atoms with E-state index in [1.165, 1.54) is 25.7 Å². The maximum absolute atomic E-state index is 6.07. The Morgan fingerprint density at radius 3 is 2.86 bits per heavy atom. The van der Waals surface area contributed by atoms with E-state index in [0.29, 0.717) is 12.0 Å². The smallest absolute Gasteiger partial charge is 0.00795 e. The number of nitrogens with two attached hydrogens (primary N) is 1. The first-order valence-corrected chi connectivity index (χ1v) is 6.46. The highest BCUT2D eigenvalue weighted by Crippen LogP contribution is 2.40. The number of hydrogen-bond donors (Lipinski definition) is 1. The van der Waals surface area contributed by atoms with Crippen molar-refractivity contribution < 1.29 is 0 Å². The molecule has 1 aromatic heterocycles. The van der Waals surface area contributed by atoms with E-state index in [1.807, 2.05) is 11.3 Å². The average molecular weight is 209 g/mol. The summed E-state index contributed by atoms with van der Waals surface area (Å²) in [5.41, 5.74) is 6.07. The van der Waals surface area contributed by atoms with Crippen molar-refractivity contribution in [1.29, 1.82) is 0 Å². The zero-order chi connectivity index (χ0) is 9.97. The molecule has 0 bridgehead atoms. The van der Waals surface area contributed by atoms with E-state index in [2.05, 4.69) is 24.4 Å². The molecule has 1 heterocycles. The van der Waals surface area contributed by atoms with Gasteiger partial charge in [0.05, 0.1) is 0 Å². The molecule has 3 atom stereocenters. The Morgan fingerprint density at radius 1 is 1.43 bits per heavy atom. The van der Waals surface area contributed by atoms with Crippen molar-refractivity contribution in [1.82, 2.24) is 0 Å². The Hall–Kier alpha value is -0.340. The van der Waals surface area contributed by atoms with Gasteiger partial charge in [-0.25, -0.2) is 0 Å². The van der Waals surface area contributed by atoms with Gasteiger partial charge in [-0.1, -0.05) is 18.9 Å². The van der Waals surface area contributed by atoms with Crippen molar-refractivity contribution in [2.45, 2.75) is 44.6 Å². The van der Waals surface area contributed by atoms with Gasteiger partial charge in [-0.15, -0.1) is 11.3 Å². The van der Waals surface area contributed by atoms with Gasteiger partial charge in [-0.05, 0) is 43.0 Å². The molecule has 78 valence electrons. The Balaban J connectivity index is 2.14. The lowest BCUT2D eigenvalue weighted by Gasteiger charge is -2.33. The van der Waals surface area contributed by atoms with Gasteiger partial charge >= 0.3 is 0 Å².